The van der Waals surface area contributed by atoms with Crippen LogP contribution in [0.5, 0.6) is 17.2 Å². The molecular formula is C12H16FNO3. The lowest BCUT2D eigenvalue weighted by Gasteiger charge is -2.21. The minimum Gasteiger partial charge on any atom is -0.493 e. The minimum atomic E-state index is -0.489. The highest BCUT2D eigenvalue weighted by atomic mass is 19.1. The number of ether oxygens (including phenoxy) is 3. The van der Waals surface area contributed by atoms with Crippen molar-refractivity contribution in [3.63, 3.8) is 0 Å². The molecule has 0 aliphatic carbocycles. The van der Waals surface area contributed by atoms with Gasteiger partial charge in [-0.15, -0.1) is 0 Å². The summed E-state index contributed by atoms with van der Waals surface area (Å²) in [5, 5.41) is 0. The quantitative estimate of drug-likeness (QED) is 0.867. The molecule has 4 nitrogen and oxygen atoms in total. The van der Waals surface area contributed by atoms with E-state index >= 15 is 0 Å². The average Bonchev–Trinajstić information content (AvgIpc) is 2.36. The molecule has 0 bridgehead atoms. The Morgan fingerprint density at radius 1 is 1.41 bits per heavy atom. The van der Waals surface area contributed by atoms with Crippen molar-refractivity contribution in [2.24, 2.45) is 5.73 Å². The molecule has 0 atom stereocenters. The van der Waals surface area contributed by atoms with Crippen molar-refractivity contribution in [3.8, 4) is 17.2 Å². The number of fused-ring (bicyclic) bond motifs is 1. The number of aryl methyl sites for hydroxylation is 1. The van der Waals surface area contributed by atoms with Gasteiger partial charge in [0.25, 0.3) is 0 Å². The summed E-state index contributed by atoms with van der Waals surface area (Å²) in [6, 6.07) is 1.77. The Morgan fingerprint density at radius 2 is 2.18 bits per heavy atom. The molecule has 2 rings (SSSR count). The fourth-order valence-electron chi connectivity index (χ4n) is 1.88. The predicted molar refractivity (Wildman–Crippen MR) is 61.3 cm³/mol. The Kier molecular flexibility index (Phi) is 3.68. The fraction of sp³-hybridized carbons (Fsp3) is 0.500. The van der Waals surface area contributed by atoms with Crippen LogP contribution in [0.25, 0.3) is 0 Å². The molecule has 1 aliphatic rings. The van der Waals surface area contributed by atoms with Crippen LogP contribution < -0.4 is 19.9 Å². The Balaban J connectivity index is 2.40. The van der Waals surface area contributed by atoms with Crippen LogP contribution in [0.1, 0.15) is 12.0 Å². The highest BCUT2D eigenvalue weighted by molar-refractivity contribution is 5.52. The van der Waals surface area contributed by atoms with E-state index in [1.54, 1.807) is 6.07 Å². The number of nitrogens with two attached hydrogens (primary N) is 1. The Hall–Kier alpha value is -1.49. The molecule has 0 spiro atoms. The van der Waals surface area contributed by atoms with Crippen molar-refractivity contribution < 1.29 is 18.6 Å². The van der Waals surface area contributed by atoms with Gasteiger partial charge in [-0.2, -0.15) is 4.39 Å². The molecule has 0 saturated carbocycles. The summed E-state index contributed by atoms with van der Waals surface area (Å²) in [7, 11) is 1.44. The van der Waals surface area contributed by atoms with Crippen molar-refractivity contribution >= 4 is 0 Å². The molecule has 0 amide bonds. The first kappa shape index (κ1) is 12.0. The number of hydrogen-bond acceptors (Lipinski definition) is 4. The molecule has 1 heterocycles. The average molecular weight is 241 g/mol. The molecule has 2 N–H and O–H groups in total. The summed E-state index contributed by atoms with van der Waals surface area (Å²) < 4.78 is 29.8. The fourth-order valence-corrected chi connectivity index (χ4v) is 1.88. The van der Waals surface area contributed by atoms with Crippen LogP contribution in [0.2, 0.25) is 0 Å². The number of halogens is 1. The zero-order valence-corrected chi connectivity index (χ0v) is 9.79. The molecule has 0 radical (unpaired) electrons. The number of hydrogen-bond donors (Lipinski definition) is 1. The van der Waals surface area contributed by atoms with Crippen LogP contribution in [0.3, 0.4) is 0 Å². The molecule has 1 aliphatic heterocycles. The van der Waals surface area contributed by atoms with E-state index in [0.29, 0.717) is 31.9 Å². The molecule has 0 fully saturated rings. The largest absolute Gasteiger partial charge is 0.493 e. The smallest absolute Gasteiger partial charge is 0.210 e. The topological polar surface area (TPSA) is 53.7 Å². The van der Waals surface area contributed by atoms with E-state index in [9.17, 15) is 4.39 Å². The van der Waals surface area contributed by atoms with E-state index in [4.69, 9.17) is 19.9 Å². The summed E-state index contributed by atoms with van der Waals surface area (Å²) in [6.07, 6.45) is 1.43. The van der Waals surface area contributed by atoms with Gasteiger partial charge in [0.2, 0.25) is 11.6 Å². The first-order chi connectivity index (χ1) is 8.27. The molecule has 0 unspecified atom stereocenters. The SMILES string of the molecule is COc1c(CCCN)cc2c(c1F)OCCO2. The highest BCUT2D eigenvalue weighted by Crippen LogP contribution is 2.40. The van der Waals surface area contributed by atoms with Gasteiger partial charge in [-0.25, -0.2) is 0 Å². The van der Waals surface area contributed by atoms with E-state index in [1.807, 2.05) is 0 Å². The highest BCUT2D eigenvalue weighted by Gasteiger charge is 2.23. The molecule has 5 heteroatoms. The van der Waals surface area contributed by atoms with Gasteiger partial charge in [0, 0.05) is 5.56 Å². The van der Waals surface area contributed by atoms with Crippen molar-refractivity contribution in [2.45, 2.75) is 12.8 Å². The van der Waals surface area contributed by atoms with Crippen molar-refractivity contribution in [2.75, 3.05) is 26.9 Å². The summed E-state index contributed by atoms with van der Waals surface area (Å²) in [5.74, 6) is 0.325. The van der Waals surface area contributed by atoms with Gasteiger partial charge in [-0.3, -0.25) is 0 Å². The first-order valence-electron chi connectivity index (χ1n) is 5.63. The van der Waals surface area contributed by atoms with Gasteiger partial charge in [-0.05, 0) is 25.5 Å². The van der Waals surface area contributed by atoms with Crippen LogP contribution in [-0.2, 0) is 6.42 Å². The lowest BCUT2D eigenvalue weighted by molar-refractivity contribution is 0.162. The second kappa shape index (κ2) is 5.23. The lowest BCUT2D eigenvalue weighted by Crippen LogP contribution is -2.17. The van der Waals surface area contributed by atoms with Crippen LogP contribution in [0, 0.1) is 5.82 Å². The van der Waals surface area contributed by atoms with Gasteiger partial charge in [-0.1, -0.05) is 0 Å². The van der Waals surface area contributed by atoms with Crippen LogP contribution in [-0.4, -0.2) is 26.9 Å². The first-order valence-corrected chi connectivity index (χ1v) is 5.63. The molecule has 0 saturated heterocycles. The normalized spacial score (nSPS) is 13.6. The molecule has 94 valence electrons. The number of methoxy groups -OCH3 is 1. The second-order valence-corrected chi connectivity index (χ2v) is 3.80. The summed E-state index contributed by atoms with van der Waals surface area (Å²) in [5.41, 5.74) is 6.22. The minimum absolute atomic E-state index is 0.143. The third kappa shape index (κ3) is 2.29. The monoisotopic (exact) mass is 241 g/mol. The summed E-state index contributed by atoms with van der Waals surface area (Å²) in [4.78, 5) is 0. The zero-order chi connectivity index (χ0) is 12.3. The molecule has 17 heavy (non-hydrogen) atoms. The van der Waals surface area contributed by atoms with Gasteiger partial charge < -0.3 is 19.9 Å². The third-order valence-corrected chi connectivity index (χ3v) is 2.66. The van der Waals surface area contributed by atoms with Crippen LogP contribution in [0.4, 0.5) is 4.39 Å². The van der Waals surface area contributed by atoms with E-state index in [1.165, 1.54) is 7.11 Å². The van der Waals surface area contributed by atoms with Crippen molar-refractivity contribution in [3.05, 3.63) is 17.4 Å². The second-order valence-electron chi connectivity index (χ2n) is 3.80. The Labute approximate surface area is 99.5 Å². The van der Waals surface area contributed by atoms with E-state index in [2.05, 4.69) is 0 Å². The van der Waals surface area contributed by atoms with E-state index < -0.39 is 5.82 Å². The number of benzene rings is 1. The van der Waals surface area contributed by atoms with Gasteiger partial charge >= 0.3 is 0 Å². The van der Waals surface area contributed by atoms with E-state index in [0.717, 1.165) is 12.0 Å². The summed E-state index contributed by atoms with van der Waals surface area (Å²) >= 11 is 0. The predicted octanol–water partition coefficient (Wildman–Crippen LogP) is 1.50. The van der Waals surface area contributed by atoms with Gasteiger partial charge in [0.1, 0.15) is 13.2 Å². The van der Waals surface area contributed by atoms with Gasteiger partial charge in [0.05, 0.1) is 7.11 Å². The Bertz CT molecular complexity index is 409. The molecule has 0 aromatic heterocycles. The molecule has 1 aromatic rings. The lowest BCUT2D eigenvalue weighted by atomic mass is 10.1. The maximum Gasteiger partial charge on any atom is 0.210 e. The van der Waals surface area contributed by atoms with Crippen molar-refractivity contribution in [1.82, 2.24) is 0 Å². The zero-order valence-electron chi connectivity index (χ0n) is 9.79. The van der Waals surface area contributed by atoms with Gasteiger partial charge in [0.15, 0.2) is 11.5 Å². The maximum absolute atomic E-state index is 14.1. The third-order valence-electron chi connectivity index (χ3n) is 2.66. The van der Waals surface area contributed by atoms with Crippen molar-refractivity contribution in [1.29, 1.82) is 0 Å². The van der Waals surface area contributed by atoms with Crippen LogP contribution in [0.15, 0.2) is 6.07 Å². The maximum atomic E-state index is 14.1. The molecule has 1 aromatic carbocycles. The standard InChI is InChI=1S/C12H16FNO3/c1-15-11-8(3-2-4-14)7-9-12(10(11)13)17-6-5-16-9/h7H,2-6,14H2,1H3. The molecular weight excluding hydrogens is 225 g/mol. The summed E-state index contributed by atoms with van der Waals surface area (Å²) in [6.45, 7) is 1.35. The van der Waals surface area contributed by atoms with Crippen LogP contribution >= 0.6 is 0 Å². The number of rotatable bonds is 4. The Morgan fingerprint density at radius 3 is 2.88 bits per heavy atom. The van der Waals surface area contributed by atoms with E-state index in [-0.39, 0.29) is 11.5 Å².